The number of nitrogens with zero attached hydrogens (tertiary/aromatic N) is 3. The van der Waals surface area contributed by atoms with Crippen molar-refractivity contribution >= 4 is 5.91 Å². The summed E-state index contributed by atoms with van der Waals surface area (Å²) >= 11 is 0. The van der Waals surface area contributed by atoms with Gasteiger partial charge in [0, 0.05) is 12.6 Å². The Morgan fingerprint density at radius 1 is 1.36 bits per heavy atom. The van der Waals surface area contributed by atoms with E-state index < -0.39 is 0 Å². The van der Waals surface area contributed by atoms with E-state index in [-0.39, 0.29) is 36.0 Å². The van der Waals surface area contributed by atoms with Gasteiger partial charge in [0.1, 0.15) is 5.82 Å². The van der Waals surface area contributed by atoms with Crippen LogP contribution in [0.15, 0.2) is 30.5 Å². The molecule has 1 unspecified atom stereocenters. The Labute approximate surface area is 128 Å². The molecule has 0 saturated heterocycles. The predicted molar refractivity (Wildman–Crippen MR) is 79.1 cm³/mol. The van der Waals surface area contributed by atoms with Crippen LogP contribution < -0.4 is 5.32 Å². The number of carbonyl (C=O) groups excluding carboxylic acids is 1. The monoisotopic (exact) mass is 306 g/mol. The van der Waals surface area contributed by atoms with Gasteiger partial charge in [-0.2, -0.15) is 0 Å². The summed E-state index contributed by atoms with van der Waals surface area (Å²) in [6, 6.07) is 5.59. The smallest absolute Gasteiger partial charge is 0.273 e. The predicted octanol–water partition coefficient (Wildman–Crippen LogP) is 1.54. The van der Waals surface area contributed by atoms with Crippen molar-refractivity contribution in [2.24, 2.45) is 5.92 Å². The second-order valence-corrected chi connectivity index (χ2v) is 5.36. The van der Waals surface area contributed by atoms with E-state index in [4.69, 9.17) is 5.11 Å². The third-order valence-electron chi connectivity index (χ3n) is 3.38. The summed E-state index contributed by atoms with van der Waals surface area (Å²) in [5, 5.41) is 19.6. The fourth-order valence-electron chi connectivity index (χ4n) is 2.04. The third-order valence-corrected chi connectivity index (χ3v) is 3.38. The van der Waals surface area contributed by atoms with Gasteiger partial charge < -0.3 is 10.4 Å². The van der Waals surface area contributed by atoms with E-state index >= 15 is 0 Å². The summed E-state index contributed by atoms with van der Waals surface area (Å²) in [7, 11) is 0. The number of carbonyl (C=O) groups is 1. The standard InChI is InChI=1S/C15H19FN4O2/c1-10(2)13(7-8-21)17-15(22)14-9-20(19-18-14)12-5-3-11(16)4-6-12/h3-6,9-10,13,21H,7-8H2,1-2H3,(H,17,22). The molecule has 2 aromatic rings. The molecule has 0 fully saturated rings. The molecule has 1 atom stereocenters. The highest BCUT2D eigenvalue weighted by molar-refractivity contribution is 5.92. The number of nitrogens with one attached hydrogen (secondary N) is 1. The van der Waals surface area contributed by atoms with Gasteiger partial charge in [-0.05, 0) is 36.6 Å². The van der Waals surface area contributed by atoms with Gasteiger partial charge in [0.2, 0.25) is 0 Å². The van der Waals surface area contributed by atoms with E-state index in [0.29, 0.717) is 12.1 Å². The van der Waals surface area contributed by atoms with Crippen molar-refractivity contribution in [2.45, 2.75) is 26.3 Å². The van der Waals surface area contributed by atoms with Gasteiger partial charge in [-0.15, -0.1) is 5.10 Å². The average Bonchev–Trinajstić information content (AvgIpc) is 2.97. The molecule has 7 heteroatoms. The van der Waals surface area contributed by atoms with Crippen LogP contribution in [0.3, 0.4) is 0 Å². The van der Waals surface area contributed by atoms with Crippen LogP contribution in [0.4, 0.5) is 4.39 Å². The Balaban J connectivity index is 2.10. The minimum atomic E-state index is -0.347. The van der Waals surface area contributed by atoms with E-state index in [1.165, 1.54) is 23.0 Å². The number of hydrogen-bond donors (Lipinski definition) is 2. The fraction of sp³-hybridized carbons (Fsp3) is 0.400. The molecule has 0 spiro atoms. The largest absolute Gasteiger partial charge is 0.396 e. The van der Waals surface area contributed by atoms with Crippen LogP contribution in [-0.2, 0) is 0 Å². The molecule has 0 aliphatic carbocycles. The van der Waals surface area contributed by atoms with E-state index in [9.17, 15) is 9.18 Å². The van der Waals surface area contributed by atoms with Gasteiger partial charge in [0.25, 0.3) is 5.91 Å². The van der Waals surface area contributed by atoms with Gasteiger partial charge >= 0.3 is 0 Å². The van der Waals surface area contributed by atoms with Crippen molar-refractivity contribution < 1.29 is 14.3 Å². The SMILES string of the molecule is CC(C)C(CCO)NC(=O)c1cn(-c2ccc(F)cc2)nn1. The first-order valence-corrected chi connectivity index (χ1v) is 7.11. The molecule has 2 rings (SSSR count). The molecule has 0 radical (unpaired) electrons. The van der Waals surface area contributed by atoms with Crippen LogP contribution >= 0.6 is 0 Å². The molecule has 118 valence electrons. The Morgan fingerprint density at radius 2 is 2.05 bits per heavy atom. The van der Waals surface area contributed by atoms with Gasteiger partial charge in [0.15, 0.2) is 5.69 Å². The summed E-state index contributed by atoms with van der Waals surface area (Å²) in [5.41, 5.74) is 0.789. The number of aromatic nitrogens is 3. The highest BCUT2D eigenvalue weighted by Gasteiger charge is 2.19. The molecule has 2 N–H and O–H groups in total. The van der Waals surface area contributed by atoms with Crippen molar-refractivity contribution in [3.05, 3.63) is 42.0 Å². The first-order valence-electron chi connectivity index (χ1n) is 7.11. The molecule has 0 aliphatic rings. The highest BCUT2D eigenvalue weighted by atomic mass is 19.1. The first-order chi connectivity index (χ1) is 10.5. The van der Waals surface area contributed by atoms with Crippen LogP contribution in [0.1, 0.15) is 30.8 Å². The number of halogens is 1. The van der Waals surface area contributed by atoms with Gasteiger partial charge in [-0.25, -0.2) is 9.07 Å². The molecule has 22 heavy (non-hydrogen) atoms. The van der Waals surface area contributed by atoms with E-state index in [1.54, 1.807) is 12.1 Å². The van der Waals surface area contributed by atoms with E-state index in [1.807, 2.05) is 13.8 Å². The third kappa shape index (κ3) is 3.88. The summed E-state index contributed by atoms with van der Waals surface area (Å²) in [6.45, 7) is 3.94. The summed E-state index contributed by atoms with van der Waals surface area (Å²) < 4.78 is 14.3. The number of aliphatic hydroxyl groups is 1. The number of rotatable bonds is 6. The zero-order valence-electron chi connectivity index (χ0n) is 12.5. The number of aliphatic hydroxyl groups excluding tert-OH is 1. The lowest BCUT2D eigenvalue weighted by Crippen LogP contribution is -2.39. The van der Waals surface area contributed by atoms with E-state index in [0.717, 1.165) is 0 Å². The molecule has 1 aromatic heterocycles. The van der Waals surface area contributed by atoms with Crippen LogP contribution in [0.5, 0.6) is 0 Å². The molecule has 0 saturated carbocycles. The van der Waals surface area contributed by atoms with Crippen LogP contribution in [0.2, 0.25) is 0 Å². The molecule has 1 heterocycles. The Morgan fingerprint density at radius 3 is 2.64 bits per heavy atom. The summed E-state index contributed by atoms with van der Waals surface area (Å²) in [6.07, 6.45) is 1.97. The number of benzene rings is 1. The van der Waals surface area contributed by atoms with Crippen molar-refractivity contribution in [3.63, 3.8) is 0 Å². The summed E-state index contributed by atoms with van der Waals surface area (Å²) in [4.78, 5) is 12.2. The van der Waals surface area contributed by atoms with Gasteiger partial charge in [-0.1, -0.05) is 19.1 Å². The number of amides is 1. The Hall–Kier alpha value is -2.28. The number of hydrogen-bond acceptors (Lipinski definition) is 4. The lowest BCUT2D eigenvalue weighted by molar-refractivity contribution is 0.0911. The maximum atomic E-state index is 12.9. The minimum Gasteiger partial charge on any atom is -0.396 e. The average molecular weight is 306 g/mol. The van der Waals surface area contributed by atoms with Crippen molar-refractivity contribution in [2.75, 3.05) is 6.61 Å². The normalized spacial score (nSPS) is 12.4. The van der Waals surface area contributed by atoms with Crippen LogP contribution in [-0.4, -0.2) is 38.7 Å². The molecular formula is C15H19FN4O2. The molecule has 1 amide bonds. The first kappa shape index (κ1) is 16.1. The van der Waals surface area contributed by atoms with Crippen molar-refractivity contribution in [1.29, 1.82) is 0 Å². The minimum absolute atomic E-state index is 0.00535. The second-order valence-electron chi connectivity index (χ2n) is 5.36. The fourth-order valence-corrected chi connectivity index (χ4v) is 2.04. The van der Waals surface area contributed by atoms with Gasteiger partial charge in [-0.3, -0.25) is 4.79 Å². The molecular weight excluding hydrogens is 287 g/mol. The molecule has 0 aliphatic heterocycles. The zero-order valence-corrected chi connectivity index (χ0v) is 12.5. The Bertz CT molecular complexity index is 625. The molecule has 6 nitrogen and oxygen atoms in total. The van der Waals surface area contributed by atoms with Gasteiger partial charge in [0.05, 0.1) is 11.9 Å². The maximum absolute atomic E-state index is 12.9. The van der Waals surface area contributed by atoms with E-state index in [2.05, 4.69) is 15.6 Å². The lowest BCUT2D eigenvalue weighted by atomic mass is 10.0. The summed E-state index contributed by atoms with van der Waals surface area (Å²) in [5.74, 6) is -0.491. The topological polar surface area (TPSA) is 80.0 Å². The second kappa shape index (κ2) is 7.13. The zero-order chi connectivity index (χ0) is 16.1. The molecule has 0 bridgehead atoms. The molecule has 1 aromatic carbocycles. The van der Waals surface area contributed by atoms with Crippen LogP contribution in [0.25, 0.3) is 5.69 Å². The maximum Gasteiger partial charge on any atom is 0.273 e. The van der Waals surface area contributed by atoms with Crippen molar-refractivity contribution in [3.8, 4) is 5.69 Å². The lowest BCUT2D eigenvalue weighted by Gasteiger charge is -2.20. The van der Waals surface area contributed by atoms with Crippen LogP contribution in [0, 0.1) is 11.7 Å². The quantitative estimate of drug-likeness (QED) is 0.848. The highest BCUT2D eigenvalue weighted by Crippen LogP contribution is 2.10. The van der Waals surface area contributed by atoms with Crippen molar-refractivity contribution in [1.82, 2.24) is 20.3 Å². The Kier molecular flexibility index (Phi) is 5.21.